The second-order valence-electron chi connectivity index (χ2n) is 4.78. The first-order chi connectivity index (χ1) is 8.45. The van der Waals surface area contributed by atoms with Crippen LogP contribution in [0, 0.1) is 0 Å². The molecule has 17 heavy (non-hydrogen) atoms. The molecular weight excluding hydrogens is 206 g/mol. The van der Waals surface area contributed by atoms with Crippen molar-refractivity contribution in [3.8, 4) is 11.3 Å². The SMILES string of the molecule is c1ccc(-c2ccccc2C2CCCC2)nc1. The lowest BCUT2D eigenvalue weighted by atomic mass is 9.91. The van der Waals surface area contributed by atoms with Crippen LogP contribution in [-0.2, 0) is 0 Å². The highest BCUT2D eigenvalue weighted by Gasteiger charge is 2.20. The largest absolute Gasteiger partial charge is 0.256 e. The van der Waals surface area contributed by atoms with Gasteiger partial charge in [-0.2, -0.15) is 0 Å². The van der Waals surface area contributed by atoms with Gasteiger partial charge >= 0.3 is 0 Å². The Bertz CT molecular complexity index is 484. The quantitative estimate of drug-likeness (QED) is 0.735. The van der Waals surface area contributed by atoms with Crippen LogP contribution in [0.5, 0.6) is 0 Å². The molecule has 1 aliphatic carbocycles. The van der Waals surface area contributed by atoms with Crippen LogP contribution in [0.15, 0.2) is 48.7 Å². The number of rotatable bonds is 2. The van der Waals surface area contributed by atoms with E-state index < -0.39 is 0 Å². The molecule has 1 aromatic carbocycles. The summed E-state index contributed by atoms with van der Waals surface area (Å²) in [7, 11) is 0. The minimum Gasteiger partial charge on any atom is -0.256 e. The molecule has 1 nitrogen and oxygen atoms in total. The van der Waals surface area contributed by atoms with Crippen LogP contribution in [0.3, 0.4) is 0 Å². The van der Waals surface area contributed by atoms with E-state index in [-0.39, 0.29) is 0 Å². The van der Waals surface area contributed by atoms with E-state index in [1.54, 1.807) is 0 Å². The van der Waals surface area contributed by atoms with Gasteiger partial charge in [0.05, 0.1) is 5.69 Å². The van der Waals surface area contributed by atoms with Crippen molar-refractivity contribution in [2.45, 2.75) is 31.6 Å². The zero-order chi connectivity index (χ0) is 11.5. The predicted octanol–water partition coefficient (Wildman–Crippen LogP) is 4.41. The zero-order valence-electron chi connectivity index (χ0n) is 9.97. The fourth-order valence-corrected chi connectivity index (χ4v) is 2.85. The van der Waals surface area contributed by atoms with E-state index in [0.717, 1.165) is 11.6 Å². The summed E-state index contributed by atoms with van der Waals surface area (Å²) in [5.74, 6) is 0.744. The highest BCUT2D eigenvalue weighted by molar-refractivity contribution is 5.64. The third-order valence-corrected chi connectivity index (χ3v) is 3.70. The van der Waals surface area contributed by atoms with E-state index in [0.29, 0.717) is 0 Å². The molecule has 0 bridgehead atoms. The monoisotopic (exact) mass is 223 g/mol. The molecule has 1 fully saturated rings. The summed E-state index contributed by atoms with van der Waals surface area (Å²) in [6.07, 6.45) is 7.30. The van der Waals surface area contributed by atoms with Crippen molar-refractivity contribution >= 4 is 0 Å². The van der Waals surface area contributed by atoms with Crippen LogP contribution < -0.4 is 0 Å². The summed E-state index contributed by atoms with van der Waals surface area (Å²) in [5.41, 5.74) is 3.92. The summed E-state index contributed by atoms with van der Waals surface area (Å²) < 4.78 is 0. The molecule has 2 aromatic rings. The number of aromatic nitrogens is 1. The van der Waals surface area contributed by atoms with Crippen LogP contribution in [-0.4, -0.2) is 4.98 Å². The maximum absolute atomic E-state index is 4.48. The van der Waals surface area contributed by atoms with Crippen molar-refractivity contribution in [2.75, 3.05) is 0 Å². The molecule has 0 aliphatic heterocycles. The molecule has 1 heterocycles. The standard InChI is InChI=1S/C16H17N/c1-2-8-13(7-1)14-9-3-4-10-15(14)16-11-5-6-12-17-16/h3-6,9-13H,1-2,7-8H2. The van der Waals surface area contributed by atoms with Crippen molar-refractivity contribution in [1.82, 2.24) is 4.98 Å². The van der Waals surface area contributed by atoms with Gasteiger partial charge in [-0.15, -0.1) is 0 Å². The van der Waals surface area contributed by atoms with E-state index in [4.69, 9.17) is 0 Å². The molecule has 1 heteroatoms. The van der Waals surface area contributed by atoms with Crippen molar-refractivity contribution in [3.05, 3.63) is 54.2 Å². The molecule has 3 rings (SSSR count). The number of pyridine rings is 1. The maximum atomic E-state index is 4.48. The molecule has 0 radical (unpaired) electrons. The van der Waals surface area contributed by atoms with Crippen LogP contribution in [0.4, 0.5) is 0 Å². The molecule has 0 amide bonds. The van der Waals surface area contributed by atoms with Crippen LogP contribution in [0.2, 0.25) is 0 Å². The van der Waals surface area contributed by atoms with Gasteiger partial charge in [0.1, 0.15) is 0 Å². The molecule has 1 aromatic heterocycles. The summed E-state index contributed by atoms with van der Waals surface area (Å²) in [5, 5.41) is 0. The first-order valence-corrected chi connectivity index (χ1v) is 6.45. The van der Waals surface area contributed by atoms with Gasteiger partial charge in [0, 0.05) is 11.8 Å². The molecule has 0 unspecified atom stereocenters. The van der Waals surface area contributed by atoms with E-state index >= 15 is 0 Å². The highest BCUT2D eigenvalue weighted by Crippen LogP contribution is 2.38. The van der Waals surface area contributed by atoms with Crippen LogP contribution in [0.1, 0.15) is 37.2 Å². The van der Waals surface area contributed by atoms with Crippen LogP contribution >= 0.6 is 0 Å². The average molecular weight is 223 g/mol. The lowest BCUT2D eigenvalue weighted by Crippen LogP contribution is -1.96. The van der Waals surface area contributed by atoms with Crippen molar-refractivity contribution in [3.63, 3.8) is 0 Å². The van der Waals surface area contributed by atoms with Gasteiger partial charge in [-0.25, -0.2) is 0 Å². The molecule has 86 valence electrons. The molecule has 0 spiro atoms. The molecule has 1 saturated carbocycles. The Morgan fingerprint density at radius 3 is 2.41 bits per heavy atom. The van der Waals surface area contributed by atoms with Gasteiger partial charge < -0.3 is 0 Å². The lowest BCUT2D eigenvalue weighted by molar-refractivity contribution is 0.724. The van der Waals surface area contributed by atoms with Crippen molar-refractivity contribution in [2.24, 2.45) is 0 Å². The molecule has 1 aliphatic rings. The van der Waals surface area contributed by atoms with Gasteiger partial charge in [-0.3, -0.25) is 4.98 Å². The summed E-state index contributed by atoms with van der Waals surface area (Å²) in [6.45, 7) is 0. The second-order valence-corrected chi connectivity index (χ2v) is 4.78. The van der Waals surface area contributed by atoms with Crippen molar-refractivity contribution in [1.29, 1.82) is 0 Å². The van der Waals surface area contributed by atoms with E-state index in [9.17, 15) is 0 Å². The van der Waals surface area contributed by atoms with Crippen LogP contribution in [0.25, 0.3) is 11.3 Å². The van der Waals surface area contributed by atoms with Gasteiger partial charge in [-0.05, 0) is 36.5 Å². The fraction of sp³-hybridized carbons (Fsp3) is 0.312. The van der Waals surface area contributed by atoms with Gasteiger partial charge in [0.2, 0.25) is 0 Å². The Kier molecular flexibility index (Phi) is 2.91. The maximum Gasteiger partial charge on any atom is 0.0704 e. The smallest absolute Gasteiger partial charge is 0.0704 e. The molecule has 0 saturated heterocycles. The highest BCUT2D eigenvalue weighted by atomic mass is 14.7. The predicted molar refractivity (Wildman–Crippen MR) is 70.9 cm³/mol. The molecule has 0 N–H and O–H groups in total. The Labute approximate surface area is 103 Å². The first-order valence-electron chi connectivity index (χ1n) is 6.45. The zero-order valence-corrected chi connectivity index (χ0v) is 9.97. The van der Waals surface area contributed by atoms with E-state index in [1.807, 2.05) is 12.3 Å². The Balaban J connectivity index is 2.04. The summed E-state index contributed by atoms with van der Waals surface area (Å²) in [6, 6.07) is 14.9. The number of hydrogen-bond acceptors (Lipinski definition) is 1. The van der Waals surface area contributed by atoms with E-state index in [2.05, 4.69) is 41.4 Å². The topological polar surface area (TPSA) is 12.9 Å². The fourth-order valence-electron chi connectivity index (χ4n) is 2.85. The minimum absolute atomic E-state index is 0.744. The second kappa shape index (κ2) is 4.70. The first kappa shape index (κ1) is 10.5. The normalized spacial score (nSPS) is 16.2. The third kappa shape index (κ3) is 2.10. The lowest BCUT2D eigenvalue weighted by Gasteiger charge is -2.14. The molecular formula is C16H17N. The Morgan fingerprint density at radius 2 is 1.65 bits per heavy atom. The van der Waals surface area contributed by atoms with Crippen molar-refractivity contribution < 1.29 is 0 Å². The summed E-state index contributed by atoms with van der Waals surface area (Å²) >= 11 is 0. The van der Waals surface area contributed by atoms with Gasteiger partial charge in [0.25, 0.3) is 0 Å². The third-order valence-electron chi connectivity index (χ3n) is 3.70. The number of hydrogen-bond donors (Lipinski definition) is 0. The number of nitrogens with zero attached hydrogens (tertiary/aromatic N) is 1. The summed E-state index contributed by atoms with van der Waals surface area (Å²) in [4.78, 5) is 4.48. The average Bonchev–Trinajstić information content (AvgIpc) is 2.94. The van der Waals surface area contributed by atoms with E-state index in [1.165, 1.54) is 36.8 Å². The minimum atomic E-state index is 0.744. The molecule has 0 atom stereocenters. The number of benzene rings is 1. The van der Waals surface area contributed by atoms with Gasteiger partial charge in [0.15, 0.2) is 0 Å². The Morgan fingerprint density at radius 1 is 0.882 bits per heavy atom. The van der Waals surface area contributed by atoms with Gasteiger partial charge in [-0.1, -0.05) is 43.2 Å². The Hall–Kier alpha value is -1.63.